The number of pyridine rings is 1. The third-order valence-corrected chi connectivity index (χ3v) is 18.9. The third kappa shape index (κ3) is 24.6. The van der Waals surface area contributed by atoms with Crippen molar-refractivity contribution in [1.82, 2.24) is 60.1 Å². The first kappa shape index (κ1) is 74.2. The van der Waals surface area contributed by atoms with Crippen LogP contribution in [0, 0.1) is 15.9 Å². The molecular weight excluding hydrogens is 1360 g/mol. The highest BCUT2D eigenvalue weighted by Crippen LogP contribution is 2.33. The smallest absolute Gasteiger partial charge is 0.317 e. The maximum atomic E-state index is 14.1. The number of aromatic nitrogens is 1. The number of imide groups is 1. The number of carboxylic acids is 1. The standard InChI is InChI=1S/C64H85F2IN12O14S/c1-2-49-36-64(65,66)42-79(49)59(85)38-71-62(89)52-17-19-68-54-16-15-50(34-53(52)54)93-33-7-20-72-29-31-77(32-30-72)60(86)40-78-58(84)35-55(63(78)90)94-51(9-4-3-5-18-69-56(82)10-6-8-47-11-13-48(67)14-12-47)37-70-57(83)39-73-21-22-74(41-61(87)88)24-26-76(44-92-46-81)28-27-75(25-23-73)43-91-45-80/h1,11-17,19,34,45-46,49,51,55H,3-10,18,20-33,35-44H2,(H,69,82)(H,70,83)(H,71,89)(H,87,88)/t49-,51?,55?/m0/s1. The first-order valence-corrected chi connectivity index (χ1v) is 33.7. The number of carbonyl (C=O) groups is 10. The lowest BCUT2D eigenvalue weighted by atomic mass is 10.1. The van der Waals surface area contributed by atoms with Gasteiger partial charge in [0.05, 0.1) is 55.2 Å². The number of fused-ring (bicyclic) bond motifs is 1. The van der Waals surface area contributed by atoms with Crippen LogP contribution in [0.25, 0.3) is 10.9 Å². The van der Waals surface area contributed by atoms with Crippen LogP contribution < -0.4 is 20.7 Å². The second-order valence-electron chi connectivity index (χ2n) is 23.6. The maximum absolute atomic E-state index is 14.1. The molecule has 2 aromatic carbocycles. The van der Waals surface area contributed by atoms with Crippen LogP contribution in [-0.2, 0) is 59.0 Å². The van der Waals surface area contributed by atoms with E-state index in [1.165, 1.54) is 29.6 Å². The number of halogens is 3. The molecule has 4 fully saturated rings. The minimum Gasteiger partial charge on any atom is -0.494 e. The molecule has 4 N–H and O–H groups in total. The molecule has 3 atom stereocenters. The predicted molar refractivity (Wildman–Crippen MR) is 352 cm³/mol. The highest BCUT2D eigenvalue weighted by Gasteiger charge is 2.46. The molecule has 7 amide bonds. The zero-order valence-corrected chi connectivity index (χ0v) is 55.8. The summed E-state index contributed by atoms with van der Waals surface area (Å²) in [6.07, 6.45) is 11.3. The number of thioether (sulfide) groups is 1. The van der Waals surface area contributed by atoms with Crippen LogP contribution in [0.4, 0.5) is 8.78 Å². The van der Waals surface area contributed by atoms with Crippen molar-refractivity contribution in [2.75, 3.05) is 151 Å². The summed E-state index contributed by atoms with van der Waals surface area (Å²) in [4.78, 5) is 146. The Hall–Kier alpha value is -7.15. The molecule has 30 heteroatoms. The number of hydrogen-bond acceptors (Lipinski definition) is 20. The summed E-state index contributed by atoms with van der Waals surface area (Å²) in [6, 6.07) is 13.7. The average molecular weight is 1440 g/mol. The third-order valence-electron chi connectivity index (χ3n) is 16.7. The average Bonchev–Trinajstić information content (AvgIpc) is 1.27. The van der Waals surface area contributed by atoms with Crippen LogP contribution in [0.5, 0.6) is 5.75 Å². The number of terminal acetylenes is 1. The summed E-state index contributed by atoms with van der Waals surface area (Å²) in [7, 11) is 0. The topological polar surface area (TPSA) is 294 Å². The number of nitrogens with one attached hydrogen (secondary N) is 3. The second-order valence-corrected chi connectivity index (χ2v) is 26.4. The first-order valence-electron chi connectivity index (χ1n) is 31.7. The fourth-order valence-corrected chi connectivity index (χ4v) is 13.3. The summed E-state index contributed by atoms with van der Waals surface area (Å²) >= 11 is 3.56. The van der Waals surface area contributed by atoms with Crippen molar-refractivity contribution in [3.05, 3.63) is 69.4 Å². The molecule has 94 heavy (non-hydrogen) atoms. The molecule has 4 aliphatic rings. The number of amides is 7. The molecule has 2 unspecified atom stereocenters. The largest absolute Gasteiger partial charge is 0.494 e. The molecule has 1 aromatic heterocycles. The number of carboxylic acid groups (broad SMARTS) is 1. The molecule has 0 aliphatic carbocycles. The Morgan fingerprint density at radius 3 is 2.09 bits per heavy atom. The van der Waals surface area contributed by atoms with E-state index < -0.39 is 72.9 Å². The second kappa shape index (κ2) is 38.4. The summed E-state index contributed by atoms with van der Waals surface area (Å²) in [5.74, 6) is -4.39. The molecule has 0 saturated carbocycles. The Labute approximate surface area is 563 Å². The van der Waals surface area contributed by atoms with Crippen LogP contribution in [0.3, 0.4) is 0 Å². The van der Waals surface area contributed by atoms with Gasteiger partial charge >= 0.3 is 5.97 Å². The molecule has 0 radical (unpaired) electrons. The first-order chi connectivity index (χ1) is 45.3. The monoisotopic (exact) mass is 1440 g/mol. The van der Waals surface area contributed by atoms with Gasteiger partial charge in [-0.25, -0.2) is 8.78 Å². The van der Waals surface area contributed by atoms with Crippen LogP contribution >= 0.6 is 34.4 Å². The summed E-state index contributed by atoms with van der Waals surface area (Å²) in [6.45, 7) is 4.92. The molecule has 3 aromatic rings. The number of likely N-dealkylation sites (tertiary alicyclic amines) is 2. The Balaban J connectivity index is 0.879. The number of nitrogens with zero attached hydrogens (tertiary/aromatic N) is 9. The van der Waals surface area contributed by atoms with E-state index in [0.29, 0.717) is 160 Å². The lowest BCUT2D eigenvalue weighted by Crippen LogP contribution is -2.52. The number of aliphatic carboxylic acids is 1. The fraction of sp³-hybridized carbons (Fsp3) is 0.578. The number of ether oxygens (including phenoxy) is 3. The number of aryl methyl sites for hydroxylation is 1. The van der Waals surface area contributed by atoms with Gasteiger partial charge in [-0.1, -0.05) is 30.9 Å². The van der Waals surface area contributed by atoms with Gasteiger partial charge in [-0.2, -0.15) is 0 Å². The van der Waals surface area contributed by atoms with E-state index >= 15 is 0 Å². The molecule has 5 heterocycles. The normalized spacial score (nSPS) is 19.1. The lowest BCUT2D eigenvalue weighted by Gasteiger charge is -2.35. The van der Waals surface area contributed by atoms with Crippen molar-refractivity contribution in [3.63, 3.8) is 0 Å². The van der Waals surface area contributed by atoms with Gasteiger partial charge in [-0.3, -0.25) is 82.3 Å². The minimum atomic E-state index is -3.11. The van der Waals surface area contributed by atoms with Crippen LogP contribution in [0.15, 0.2) is 54.7 Å². The van der Waals surface area contributed by atoms with Crippen LogP contribution in [-0.4, -0.2) is 283 Å². The molecule has 0 spiro atoms. The molecule has 26 nitrogen and oxygen atoms in total. The van der Waals surface area contributed by atoms with E-state index in [-0.39, 0.29) is 68.1 Å². The number of unbranched alkanes of at least 4 members (excludes halogenated alkanes) is 2. The Morgan fingerprint density at radius 2 is 1.43 bits per heavy atom. The molecular formula is C64H85F2IN12O14S. The minimum absolute atomic E-state index is 0.00821. The molecule has 7 rings (SSSR count). The fourth-order valence-electron chi connectivity index (χ4n) is 11.5. The molecule has 4 aliphatic heterocycles. The number of benzene rings is 2. The van der Waals surface area contributed by atoms with Gasteiger partial charge in [0.1, 0.15) is 25.8 Å². The van der Waals surface area contributed by atoms with Crippen LogP contribution in [0.2, 0.25) is 0 Å². The van der Waals surface area contributed by atoms with Gasteiger partial charge in [0.25, 0.3) is 24.8 Å². The van der Waals surface area contributed by atoms with Crippen molar-refractivity contribution in [1.29, 1.82) is 0 Å². The van der Waals surface area contributed by atoms with Gasteiger partial charge in [0.2, 0.25) is 35.4 Å². The van der Waals surface area contributed by atoms with Gasteiger partial charge in [-0.05, 0) is 96.7 Å². The summed E-state index contributed by atoms with van der Waals surface area (Å²) in [5, 5.41) is 17.6. The van der Waals surface area contributed by atoms with E-state index in [9.17, 15) is 61.8 Å². The van der Waals surface area contributed by atoms with Gasteiger partial charge in [-0.15, -0.1) is 18.2 Å². The number of piperazine rings is 1. The summed E-state index contributed by atoms with van der Waals surface area (Å²) < 4.78 is 45.3. The number of alkyl halides is 2. The zero-order valence-electron chi connectivity index (χ0n) is 52.8. The van der Waals surface area contributed by atoms with E-state index in [1.807, 2.05) is 26.8 Å². The van der Waals surface area contributed by atoms with Gasteiger partial charge in [0.15, 0.2) is 0 Å². The van der Waals surface area contributed by atoms with Crippen molar-refractivity contribution < 1.29 is 76.0 Å². The van der Waals surface area contributed by atoms with Crippen molar-refractivity contribution in [2.24, 2.45) is 0 Å². The van der Waals surface area contributed by atoms with Crippen molar-refractivity contribution >= 4 is 106 Å². The highest BCUT2D eigenvalue weighted by atomic mass is 127. The van der Waals surface area contributed by atoms with Crippen molar-refractivity contribution in [2.45, 2.75) is 86.7 Å². The van der Waals surface area contributed by atoms with Gasteiger partial charge < -0.3 is 45.1 Å². The zero-order chi connectivity index (χ0) is 67.4. The lowest BCUT2D eigenvalue weighted by molar-refractivity contribution is -0.146. The Morgan fingerprint density at radius 1 is 0.766 bits per heavy atom. The SMILES string of the molecule is C#C[C@H]1CC(F)(F)CN1C(=O)CNC(=O)c1ccnc2ccc(OCCCN3CCN(C(=O)CN4C(=O)CC(SC(CCCCCNC(=O)CCCc5ccc(I)cc5)CNC(=O)CN5CCN(COC=O)CCN(COC=O)CCN(CC(=O)O)CC5)C4=O)CC3)cc12. The van der Waals surface area contributed by atoms with E-state index in [2.05, 4.69) is 66.5 Å². The summed E-state index contributed by atoms with van der Waals surface area (Å²) in [5.41, 5.74) is 1.88. The van der Waals surface area contributed by atoms with E-state index in [0.717, 1.165) is 32.6 Å². The number of rotatable bonds is 34. The predicted octanol–water partition coefficient (Wildman–Crippen LogP) is 1.96. The highest BCUT2D eigenvalue weighted by molar-refractivity contribution is 14.1. The molecule has 512 valence electrons. The molecule has 4 saturated heterocycles. The quantitative estimate of drug-likeness (QED) is 0.0218. The number of hydrogen-bond donors (Lipinski definition) is 4. The number of carbonyl (C=O) groups excluding carboxylic acids is 9. The van der Waals surface area contributed by atoms with E-state index in [1.54, 1.807) is 28.0 Å². The van der Waals surface area contributed by atoms with Crippen molar-refractivity contribution in [3.8, 4) is 18.1 Å². The van der Waals surface area contributed by atoms with Crippen LogP contribution in [0.1, 0.15) is 73.7 Å². The van der Waals surface area contributed by atoms with E-state index in [4.69, 9.17) is 20.6 Å². The Kier molecular flexibility index (Phi) is 30.3. The molecule has 0 bridgehead atoms. The Bertz CT molecular complexity index is 3110. The van der Waals surface area contributed by atoms with Gasteiger partial charge in [0, 0.05) is 138 Å². The maximum Gasteiger partial charge on any atom is 0.317 e.